The minimum absolute atomic E-state index is 1.01. The highest BCUT2D eigenvalue weighted by atomic mass is 28.3. The molecule has 0 saturated heterocycles. The van der Waals surface area contributed by atoms with Crippen molar-refractivity contribution in [2.24, 2.45) is 0 Å². The molecule has 42 heavy (non-hydrogen) atoms. The van der Waals surface area contributed by atoms with E-state index in [0.717, 1.165) is 12.1 Å². The van der Waals surface area contributed by atoms with Gasteiger partial charge in [0.1, 0.15) is 0 Å². The normalized spacial score (nSPS) is 11.9. The molecule has 0 amide bonds. The molecule has 0 fully saturated rings. The predicted molar refractivity (Wildman–Crippen MR) is 187 cm³/mol. The van der Waals surface area contributed by atoms with Gasteiger partial charge in [-0.1, -0.05) is 194 Å². The molecule has 0 unspecified atom stereocenters. The van der Waals surface area contributed by atoms with Crippen LogP contribution in [0.5, 0.6) is 0 Å². The Morgan fingerprint density at radius 2 is 0.429 bits per heavy atom. The molecule has 2 heteroatoms. The lowest BCUT2D eigenvalue weighted by atomic mass is 10.3. The van der Waals surface area contributed by atoms with E-state index in [1.54, 1.807) is 0 Å². The summed E-state index contributed by atoms with van der Waals surface area (Å²) in [7, 11) is -4.66. The van der Waals surface area contributed by atoms with Crippen molar-refractivity contribution in [2.45, 2.75) is 12.1 Å². The molecule has 0 spiro atoms. The van der Waals surface area contributed by atoms with Crippen LogP contribution in [0, 0.1) is 0 Å². The SMILES string of the molecule is C(=C\C[Si](c1ccccc1)(c1ccccc1)c1ccccc1)/C[Si](c1ccccc1)(c1ccccc1)c1ccccc1. The van der Waals surface area contributed by atoms with Gasteiger partial charge in [0.25, 0.3) is 0 Å². The predicted octanol–water partition coefficient (Wildman–Crippen LogP) is 5.88. The molecule has 0 radical (unpaired) electrons. The minimum atomic E-state index is -2.33. The Morgan fingerprint density at radius 1 is 0.262 bits per heavy atom. The summed E-state index contributed by atoms with van der Waals surface area (Å²) in [5, 5.41) is 8.69. The van der Waals surface area contributed by atoms with E-state index >= 15 is 0 Å². The molecule has 6 aromatic carbocycles. The molecule has 6 rings (SSSR count). The first-order chi connectivity index (χ1) is 20.8. The zero-order chi connectivity index (χ0) is 28.5. The summed E-state index contributed by atoms with van der Waals surface area (Å²) in [6.45, 7) is 0. The van der Waals surface area contributed by atoms with Gasteiger partial charge >= 0.3 is 0 Å². The highest BCUT2D eigenvalue weighted by Crippen LogP contribution is 2.18. The third-order valence-electron chi connectivity index (χ3n) is 8.61. The first-order valence-corrected chi connectivity index (χ1v) is 19.2. The first kappa shape index (κ1) is 27.7. The molecule has 0 nitrogen and oxygen atoms in total. The second-order valence-corrected chi connectivity index (χ2v) is 18.8. The van der Waals surface area contributed by atoms with Crippen LogP contribution >= 0.6 is 0 Å². The van der Waals surface area contributed by atoms with Crippen molar-refractivity contribution in [1.82, 2.24) is 0 Å². The molecule has 0 heterocycles. The third kappa shape index (κ3) is 5.39. The van der Waals surface area contributed by atoms with Gasteiger partial charge in [0.2, 0.25) is 0 Å². The van der Waals surface area contributed by atoms with Gasteiger partial charge in [0, 0.05) is 0 Å². The summed E-state index contributed by atoms with van der Waals surface area (Å²) in [4.78, 5) is 0. The van der Waals surface area contributed by atoms with Gasteiger partial charge in [-0.3, -0.25) is 0 Å². The third-order valence-corrected chi connectivity index (χ3v) is 18.2. The van der Waals surface area contributed by atoms with Gasteiger partial charge in [-0.05, 0) is 43.2 Å². The lowest BCUT2D eigenvalue weighted by Gasteiger charge is -2.34. The van der Waals surface area contributed by atoms with E-state index in [1.165, 1.54) is 31.1 Å². The Morgan fingerprint density at radius 3 is 0.595 bits per heavy atom. The van der Waals surface area contributed by atoms with Crippen LogP contribution in [0.4, 0.5) is 0 Å². The maximum absolute atomic E-state index is 2.51. The van der Waals surface area contributed by atoms with Crippen molar-refractivity contribution in [3.63, 3.8) is 0 Å². The molecule has 0 aromatic heterocycles. The van der Waals surface area contributed by atoms with E-state index < -0.39 is 16.1 Å². The van der Waals surface area contributed by atoms with Gasteiger partial charge in [0.15, 0.2) is 16.1 Å². The van der Waals surface area contributed by atoms with Crippen LogP contribution in [0.25, 0.3) is 0 Å². The molecule has 6 aromatic rings. The molecule has 0 bridgehead atoms. The summed E-state index contributed by atoms with van der Waals surface area (Å²) >= 11 is 0. The van der Waals surface area contributed by atoms with Gasteiger partial charge in [-0.2, -0.15) is 0 Å². The number of hydrogen-bond acceptors (Lipinski definition) is 0. The molecule has 0 saturated carbocycles. The molecular formula is C40H36Si2. The van der Waals surface area contributed by atoms with Crippen LogP contribution in [0.2, 0.25) is 12.1 Å². The van der Waals surface area contributed by atoms with Gasteiger partial charge in [0.05, 0.1) is 0 Å². The average Bonchev–Trinajstić information content (AvgIpc) is 3.09. The number of hydrogen-bond donors (Lipinski definition) is 0. The van der Waals surface area contributed by atoms with Crippen molar-refractivity contribution in [1.29, 1.82) is 0 Å². The molecule has 0 atom stereocenters. The van der Waals surface area contributed by atoms with Crippen LogP contribution in [0.1, 0.15) is 0 Å². The summed E-state index contributed by atoms with van der Waals surface area (Å²) < 4.78 is 0. The van der Waals surface area contributed by atoms with Gasteiger partial charge in [-0.15, -0.1) is 0 Å². The Bertz CT molecular complexity index is 1360. The maximum atomic E-state index is 2.51. The Balaban J connectivity index is 1.48. The highest BCUT2D eigenvalue weighted by molar-refractivity contribution is 7.12. The summed E-state index contributed by atoms with van der Waals surface area (Å²) in [6, 6.07) is 69.3. The van der Waals surface area contributed by atoms with E-state index in [9.17, 15) is 0 Å². The molecule has 0 aliphatic rings. The lowest BCUT2D eigenvalue weighted by Crippen LogP contribution is -2.67. The van der Waals surface area contributed by atoms with Crippen LogP contribution in [0.3, 0.4) is 0 Å². The Hall–Kier alpha value is -4.51. The largest absolute Gasteiger partial charge is 0.151 e. The van der Waals surface area contributed by atoms with Crippen molar-refractivity contribution < 1.29 is 0 Å². The van der Waals surface area contributed by atoms with Crippen LogP contribution in [0.15, 0.2) is 194 Å². The fourth-order valence-electron chi connectivity index (χ4n) is 6.56. The first-order valence-electron chi connectivity index (χ1n) is 14.8. The monoisotopic (exact) mass is 572 g/mol. The zero-order valence-electron chi connectivity index (χ0n) is 23.9. The number of benzene rings is 6. The second-order valence-electron chi connectivity index (χ2n) is 10.9. The topological polar surface area (TPSA) is 0 Å². The zero-order valence-corrected chi connectivity index (χ0v) is 25.9. The molecule has 0 aliphatic carbocycles. The van der Waals surface area contributed by atoms with Crippen LogP contribution in [-0.2, 0) is 0 Å². The average molecular weight is 573 g/mol. The highest BCUT2D eigenvalue weighted by Gasteiger charge is 2.40. The van der Waals surface area contributed by atoms with Crippen molar-refractivity contribution in [3.8, 4) is 0 Å². The van der Waals surface area contributed by atoms with Crippen LogP contribution in [-0.4, -0.2) is 16.1 Å². The summed E-state index contributed by atoms with van der Waals surface area (Å²) in [5.74, 6) is 0. The van der Waals surface area contributed by atoms with Crippen molar-refractivity contribution >= 4 is 47.3 Å². The van der Waals surface area contributed by atoms with Crippen molar-refractivity contribution in [3.05, 3.63) is 194 Å². The van der Waals surface area contributed by atoms with Crippen molar-refractivity contribution in [2.75, 3.05) is 0 Å². The standard InChI is InChI=1S/C40H36Si2/c1-7-21-35(22-8-1)41(36-23-9-2-10-24-36,37-25-11-3-12-26-37)33-19-20-34-42(38-27-13-4-14-28-38,39-29-15-5-16-30-39)40-31-17-6-18-32-40/h1-32H,33-34H2/b20-19+. The van der Waals surface area contributed by atoms with E-state index in [2.05, 4.69) is 194 Å². The number of rotatable bonds is 10. The maximum Gasteiger partial charge on any atom is 0.151 e. The summed E-state index contributed by atoms with van der Waals surface area (Å²) in [5.41, 5.74) is 0. The van der Waals surface area contributed by atoms with E-state index in [-0.39, 0.29) is 0 Å². The van der Waals surface area contributed by atoms with Crippen LogP contribution < -0.4 is 31.1 Å². The Kier molecular flexibility index (Phi) is 8.55. The summed E-state index contributed by atoms with van der Waals surface area (Å²) in [6.07, 6.45) is 5.02. The van der Waals surface area contributed by atoms with E-state index in [0.29, 0.717) is 0 Å². The molecule has 0 aliphatic heterocycles. The van der Waals surface area contributed by atoms with E-state index in [1.807, 2.05) is 0 Å². The fourth-order valence-corrected chi connectivity index (χ4v) is 15.6. The molecular weight excluding hydrogens is 537 g/mol. The lowest BCUT2D eigenvalue weighted by molar-refractivity contribution is 1.49. The van der Waals surface area contributed by atoms with E-state index in [4.69, 9.17) is 0 Å². The molecule has 204 valence electrons. The fraction of sp³-hybridized carbons (Fsp3) is 0.0500. The number of allylic oxidation sites excluding steroid dienone is 2. The van der Waals surface area contributed by atoms with Gasteiger partial charge < -0.3 is 0 Å². The Labute approximate surface area is 252 Å². The smallest absolute Gasteiger partial charge is 0.0905 e. The van der Waals surface area contributed by atoms with Gasteiger partial charge in [-0.25, -0.2) is 0 Å². The minimum Gasteiger partial charge on any atom is -0.0905 e. The molecule has 0 N–H and O–H groups in total. The second kappa shape index (κ2) is 13.0. The quantitative estimate of drug-likeness (QED) is 0.109.